The van der Waals surface area contributed by atoms with Crippen LogP contribution in [0.15, 0.2) is 12.3 Å². The zero-order valence-corrected chi connectivity index (χ0v) is 11.6. The number of hydrogen-bond donors (Lipinski definition) is 1. The second-order valence-electron chi connectivity index (χ2n) is 4.90. The van der Waals surface area contributed by atoms with Gasteiger partial charge in [-0.05, 0) is 32.6 Å². The SMILES string of the molecule is Cc1nn(C)c2ncc(CNCCN(C)C)cc12. The molecule has 18 heavy (non-hydrogen) atoms. The Morgan fingerprint density at radius 3 is 2.89 bits per heavy atom. The molecule has 2 heterocycles. The van der Waals surface area contributed by atoms with Gasteiger partial charge in [-0.3, -0.25) is 4.68 Å². The van der Waals surface area contributed by atoms with Crippen LogP contribution in [0.1, 0.15) is 11.3 Å². The van der Waals surface area contributed by atoms with Gasteiger partial charge in [-0.1, -0.05) is 0 Å². The van der Waals surface area contributed by atoms with E-state index in [9.17, 15) is 0 Å². The van der Waals surface area contributed by atoms with Gasteiger partial charge in [0.15, 0.2) is 5.65 Å². The Morgan fingerprint density at radius 1 is 1.39 bits per heavy atom. The quantitative estimate of drug-likeness (QED) is 0.798. The fourth-order valence-corrected chi connectivity index (χ4v) is 1.98. The first kappa shape index (κ1) is 13.0. The van der Waals surface area contributed by atoms with Crippen molar-refractivity contribution in [2.45, 2.75) is 13.5 Å². The number of rotatable bonds is 5. The predicted molar refractivity (Wildman–Crippen MR) is 73.5 cm³/mol. The Kier molecular flexibility index (Phi) is 3.93. The van der Waals surface area contributed by atoms with E-state index in [4.69, 9.17) is 0 Å². The summed E-state index contributed by atoms with van der Waals surface area (Å²) in [6.45, 7) is 4.90. The lowest BCUT2D eigenvalue weighted by atomic mass is 10.2. The van der Waals surface area contributed by atoms with Crippen LogP contribution in [0.5, 0.6) is 0 Å². The molecule has 0 aliphatic heterocycles. The van der Waals surface area contributed by atoms with Crippen LogP contribution in [-0.2, 0) is 13.6 Å². The second-order valence-corrected chi connectivity index (χ2v) is 4.90. The molecule has 2 aromatic heterocycles. The fourth-order valence-electron chi connectivity index (χ4n) is 1.98. The van der Waals surface area contributed by atoms with Gasteiger partial charge in [0.25, 0.3) is 0 Å². The van der Waals surface area contributed by atoms with Gasteiger partial charge in [-0.15, -0.1) is 0 Å². The summed E-state index contributed by atoms with van der Waals surface area (Å²) in [5.74, 6) is 0. The molecule has 0 aromatic carbocycles. The van der Waals surface area contributed by atoms with Crippen LogP contribution < -0.4 is 5.32 Å². The Bertz CT molecular complexity index is 529. The number of hydrogen-bond acceptors (Lipinski definition) is 4. The monoisotopic (exact) mass is 247 g/mol. The van der Waals surface area contributed by atoms with Gasteiger partial charge in [0.1, 0.15) is 0 Å². The summed E-state index contributed by atoms with van der Waals surface area (Å²) < 4.78 is 1.83. The summed E-state index contributed by atoms with van der Waals surface area (Å²) in [5, 5.41) is 8.94. The highest BCUT2D eigenvalue weighted by atomic mass is 15.3. The summed E-state index contributed by atoms with van der Waals surface area (Å²) in [4.78, 5) is 6.63. The molecule has 0 bridgehead atoms. The van der Waals surface area contributed by atoms with Crippen molar-refractivity contribution < 1.29 is 0 Å². The first-order valence-corrected chi connectivity index (χ1v) is 6.21. The van der Waals surface area contributed by atoms with E-state index in [0.717, 1.165) is 36.4 Å². The minimum Gasteiger partial charge on any atom is -0.311 e. The zero-order chi connectivity index (χ0) is 13.1. The van der Waals surface area contributed by atoms with Crippen LogP contribution in [0.2, 0.25) is 0 Å². The lowest BCUT2D eigenvalue weighted by Crippen LogP contribution is -2.26. The molecule has 0 aliphatic rings. The third-order valence-electron chi connectivity index (χ3n) is 2.98. The molecule has 0 atom stereocenters. The fraction of sp³-hybridized carbons (Fsp3) is 0.538. The van der Waals surface area contributed by atoms with Gasteiger partial charge in [-0.25, -0.2) is 4.98 Å². The van der Waals surface area contributed by atoms with Gasteiger partial charge >= 0.3 is 0 Å². The van der Waals surface area contributed by atoms with Crippen LogP contribution in [-0.4, -0.2) is 46.8 Å². The second kappa shape index (κ2) is 5.46. The highest BCUT2D eigenvalue weighted by Gasteiger charge is 2.06. The molecule has 2 aromatic rings. The Balaban J connectivity index is 2.04. The number of fused-ring (bicyclic) bond motifs is 1. The van der Waals surface area contributed by atoms with Crippen LogP contribution in [0.4, 0.5) is 0 Å². The van der Waals surface area contributed by atoms with Crippen molar-refractivity contribution in [3.05, 3.63) is 23.5 Å². The van der Waals surface area contributed by atoms with Crippen LogP contribution >= 0.6 is 0 Å². The van der Waals surface area contributed by atoms with Gasteiger partial charge in [0.2, 0.25) is 0 Å². The maximum Gasteiger partial charge on any atom is 0.157 e. The van der Waals surface area contributed by atoms with E-state index in [0.29, 0.717) is 0 Å². The average molecular weight is 247 g/mol. The third kappa shape index (κ3) is 2.86. The van der Waals surface area contributed by atoms with Crippen LogP contribution in [0, 0.1) is 6.92 Å². The summed E-state index contributed by atoms with van der Waals surface area (Å²) >= 11 is 0. The molecule has 0 unspecified atom stereocenters. The molecule has 0 amide bonds. The summed E-state index contributed by atoms with van der Waals surface area (Å²) in [6, 6.07) is 2.17. The van der Waals surface area contributed by atoms with Crippen molar-refractivity contribution in [3.8, 4) is 0 Å². The molecule has 0 aliphatic carbocycles. The van der Waals surface area contributed by atoms with Gasteiger partial charge in [0, 0.05) is 38.3 Å². The maximum absolute atomic E-state index is 4.47. The summed E-state index contributed by atoms with van der Waals surface area (Å²) in [6.07, 6.45) is 1.92. The van der Waals surface area contributed by atoms with Crippen LogP contribution in [0.25, 0.3) is 11.0 Å². The van der Waals surface area contributed by atoms with E-state index in [-0.39, 0.29) is 0 Å². The molecule has 0 saturated heterocycles. The highest BCUT2D eigenvalue weighted by molar-refractivity contribution is 5.78. The van der Waals surface area contributed by atoms with Crippen molar-refractivity contribution in [2.24, 2.45) is 7.05 Å². The zero-order valence-electron chi connectivity index (χ0n) is 11.6. The van der Waals surface area contributed by atoms with Crippen molar-refractivity contribution in [1.82, 2.24) is 25.0 Å². The first-order chi connectivity index (χ1) is 8.58. The molecule has 5 heteroatoms. The average Bonchev–Trinajstić information content (AvgIpc) is 2.60. The van der Waals surface area contributed by atoms with Gasteiger partial charge in [0.05, 0.1) is 5.69 Å². The minimum absolute atomic E-state index is 0.852. The number of pyridine rings is 1. The largest absolute Gasteiger partial charge is 0.311 e. The van der Waals surface area contributed by atoms with E-state index in [1.165, 1.54) is 5.56 Å². The lowest BCUT2D eigenvalue weighted by molar-refractivity contribution is 0.400. The molecular formula is C13H21N5. The lowest BCUT2D eigenvalue weighted by Gasteiger charge is -2.10. The molecule has 5 nitrogen and oxygen atoms in total. The number of nitrogens with zero attached hydrogens (tertiary/aromatic N) is 4. The number of likely N-dealkylation sites (N-methyl/N-ethyl adjacent to an activating group) is 1. The summed E-state index contributed by atoms with van der Waals surface area (Å²) in [5.41, 5.74) is 3.19. The van der Waals surface area contributed by atoms with Crippen LogP contribution in [0.3, 0.4) is 0 Å². The normalized spacial score (nSPS) is 11.6. The molecular weight excluding hydrogens is 226 g/mol. The number of aryl methyl sites for hydroxylation is 2. The molecule has 0 fully saturated rings. The van der Waals surface area contributed by atoms with Gasteiger partial charge < -0.3 is 10.2 Å². The van der Waals surface area contributed by atoms with E-state index in [1.807, 2.05) is 24.9 Å². The van der Waals surface area contributed by atoms with Gasteiger partial charge in [-0.2, -0.15) is 5.10 Å². The molecule has 0 radical (unpaired) electrons. The molecule has 0 saturated carbocycles. The predicted octanol–water partition coefficient (Wildman–Crippen LogP) is 0.928. The Labute approximate surface area is 108 Å². The van der Waals surface area contributed by atoms with Crippen molar-refractivity contribution in [1.29, 1.82) is 0 Å². The van der Waals surface area contributed by atoms with Crippen molar-refractivity contribution in [2.75, 3.05) is 27.2 Å². The van der Waals surface area contributed by atoms with E-state index in [1.54, 1.807) is 0 Å². The van der Waals surface area contributed by atoms with E-state index < -0.39 is 0 Å². The maximum atomic E-state index is 4.47. The Hall–Kier alpha value is -1.46. The molecule has 2 rings (SSSR count). The standard InChI is InChI=1S/C13H21N5/c1-10-12-7-11(8-14-5-6-17(2)3)9-15-13(12)18(4)16-10/h7,9,14H,5-6,8H2,1-4H3. The summed E-state index contributed by atoms with van der Waals surface area (Å²) in [7, 11) is 6.08. The molecule has 0 spiro atoms. The number of aromatic nitrogens is 3. The molecule has 1 N–H and O–H groups in total. The first-order valence-electron chi connectivity index (χ1n) is 6.21. The third-order valence-corrected chi connectivity index (χ3v) is 2.98. The van der Waals surface area contributed by atoms with E-state index >= 15 is 0 Å². The highest BCUT2D eigenvalue weighted by Crippen LogP contribution is 2.16. The van der Waals surface area contributed by atoms with Crippen molar-refractivity contribution in [3.63, 3.8) is 0 Å². The number of nitrogens with one attached hydrogen (secondary N) is 1. The smallest absolute Gasteiger partial charge is 0.157 e. The Morgan fingerprint density at radius 2 is 2.17 bits per heavy atom. The van der Waals surface area contributed by atoms with E-state index in [2.05, 4.69) is 40.5 Å². The van der Waals surface area contributed by atoms with Crippen molar-refractivity contribution >= 4 is 11.0 Å². The molecule has 98 valence electrons. The minimum atomic E-state index is 0.852. The topological polar surface area (TPSA) is 46.0 Å².